The van der Waals surface area contributed by atoms with Gasteiger partial charge in [0, 0.05) is 55.0 Å². The standard InChI is InChI=1S/C16H12Br4O4.2C6H10Br4O/c1-16(2,7-3-5-8(6-4-7)24-15(22)23)9-10(17)12(19)14(21)13(20)11(9)18;2*7-1-5(9)3-11-4-6(10)2-8/h3-6,21H,1-2H3,(H,22,23);2*5-6H,1-4H2. The molecule has 0 aliphatic rings. The summed E-state index contributed by atoms with van der Waals surface area (Å²) >= 11 is 41.0. The van der Waals surface area contributed by atoms with E-state index >= 15 is 0 Å². The first-order valence-corrected chi connectivity index (χ1v) is 24.3. The van der Waals surface area contributed by atoms with Gasteiger partial charge in [-0.1, -0.05) is 153 Å². The van der Waals surface area contributed by atoms with Crippen LogP contribution < -0.4 is 4.74 Å². The number of rotatable bonds is 15. The number of aromatic hydroxyl groups is 1. The van der Waals surface area contributed by atoms with Crippen LogP contribution in [0.5, 0.6) is 11.5 Å². The number of alkyl halides is 8. The first-order chi connectivity index (χ1) is 21.5. The molecule has 2 N–H and O–H groups in total. The summed E-state index contributed by atoms with van der Waals surface area (Å²) in [5.41, 5.74) is 1.43. The molecule has 0 aliphatic carbocycles. The van der Waals surface area contributed by atoms with Crippen LogP contribution in [0.4, 0.5) is 4.79 Å². The van der Waals surface area contributed by atoms with Crippen LogP contribution in [0.1, 0.15) is 25.0 Å². The zero-order valence-corrected chi connectivity index (χ0v) is 43.4. The summed E-state index contributed by atoms with van der Waals surface area (Å²) in [5, 5.41) is 22.5. The van der Waals surface area contributed by atoms with E-state index in [1.807, 2.05) is 26.0 Å². The van der Waals surface area contributed by atoms with Crippen molar-refractivity contribution in [3.05, 3.63) is 53.3 Å². The minimum absolute atomic E-state index is 0.0958. The summed E-state index contributed by atoms with van der Waals surface area (Å²) in [6.45, 7) is 7.06. The van der Waals surface area contributed by atoms with Crippen LogP contribution in [0.3, 0.4) is 0 Å². The molecular formula is C28H32Br12O6. The molecular weight excluding hydrogens is 1390 g/mol. The van der Waals surface area contributed by atoms with Crippen molar-refractivity contribution in [2.45, 2.75) is 38.6 Å². The van der Waals surface area contributed by atoms with E-state index in [0.717, 1.165) is 67.8 Å². The van der Waals surface area contributed by atoms with Crippen LogP contribution in [0.2, 0.25) is 0 Å². The van der Waals surface area contributed by atoms with E-state index in [9.17, 15) is 9.90 Å². The molecule has 0 fully saturated rings. The zero-order chi connectivity index (χ0) is 35.6. The molecule has 0 aliphatic heterocycles. The Labute approximate surface area is 372 Å². The quantitative estimate of drug-likeness (QED) is 0.0800. The van der Waals surface area contributed by atoms with Crippen LogP contribution in [-0.2, 0) is 14.9 Å². The largest absolute Gasteiger partial charge is 0.511 e. The summed E-state index contributed by atoms with van der Waals surface area (Å²) in [4.78, 5) is 12.3. The maximum Gasteiger partial charge on any atom is 0.511 e. The molecule has 46 heavy (non-hydrogen) atoms. The lowest BCUT2D eigenvalue weighted by molar-refractivity contribution is 0.144. The molecule has 0 aromatic heterocycles. The monoisotopic (exact) mass is 1410 g/mol. The van der Waals surface area contributed by atoms with E-state index in [1.165, 1.54) is 0 Å². The molecule has 0 spiro atoms. The molecule has 2 rings (SSSR count). The van der Waals surface area contributed by atoms with Crippen molar-refractivity contribution in [2.24, 2.45) is 0 Å². The molecule has 264 valence electrons. The van der Waals surface area contributed by atoms with E-state index in [0.29, 0.717) is 28.3 Å². The van der Waals surface area contributed by atoms with Crippen molar-refractivity contribution in [1.82, 2.24) is 0 Å². The molecule has 4 unspecified atom stereocenters. The highest BCUT2D eigenvalue weighted by Crippen LogP contribution is 2.51. The van der Waals surface area contributed by atoms with Crippen LogP contribution in [0.15, 0.2) is 42.2 Å². The van der Waals surface area contributed by atoms with Gasteiger partial charge in [0.1, 0.15) is 11.5 Å². The Hall–Kier alpha value is 3.19. The lowest BCUT2D eigenvalue weighted by Crippen LogP contribution is -2.21. The zero-order valence-electron chi connectivity index (χ0n) is 24.3. The van der Waals surface area contributed by atoms with Crippen LogP contribution in [0, 0.1) is 0 Å². The molecule has 0 amide bonds. The highest BCUT2D eigenvalue weighted by molar-refractivity contribution is 9.14. The van der Waals surface area contributed by atoms with Crippen molar-refractivity contribution >= 4 is 197 Å². The highest BCUT2D eigenvalue weighted by Gasteiger charge is 2.32. The molecule has 2 aromatic rings. The van der Waals surface area contributed by atoms with Gasteiger partial charge in [-0.25, -0.2) is 4.79 Å². The molecule has 2 aromatic carbocycles. The Morgan fingerprint density at radius 2 is 1.00 bits per heavy atom. The van der Waals surface area contributed by atoms with Crippen LogP contribution in [-0.4, -0.2) is 83.4 Å². The van der Waals surface area contributed by atoms with E-state index < -0.39 is 11.6 Å². The number of carboxylic acid groups (broad SMARTS) is 1. The summed E-state index contributed by atoms with van der Waals surface area (Å²) in [7, 11) is 0. The minimum Gasteiger partial charge on any atom is -0.505 e. The van der Waals surface area contributed by atoms with Gasteiger partial charge in [-0.05, 0) is 87.0 Å². The summed E-state index contributed by atoms with van der Waals surface area (Å²) in [6.07, 6.45) is -1.35. The van der Waals surface area contributed by atoms with Gasteiger partial charge in [0.2, 0.25) is 0 Å². The predicted molar refractivity (Wildman–Crippen MR) is 234 cm³/mol. The summed E-state index contributed by atoms with van der Waals surface area (Å²) in [6, 6.07) is 6.84. The third-order valence-corrected chi connectivity index (χ3v) is 18.7. The number of ether oxygens (including phenoxy) is 3. The molecule has 0 radical (unpaired) electrons. The Balaban J connectivity index is 0.000000769. The van der Waals surface area contributed by atoms with Crippen molar-refractivity contribution in [3.8, 4) is 11.5 Å². The average molecular weight is 1420 g/mol. The molecule has 6 nitrogen and oxygen atoms in total. The fraction of sp³-hybridized carbons (Fsp3) is 0.536. The second kappa shape index (κ2) is 26.9. The Morgan fingerprint density at radius 1 is 0.674 bits per heavy atom. The smallest absolute Gasteiger partial charge is 0.505 e. The van der Waals surface area contributed by atoms with Gasteiger partial charge in [-0.15, -0.1) is 0 Å². The maximum atomic E-state index is 10.6. The maximum absolute atomic E-state index is 10.6. The van der Waals surface area contributed by atoms with Crippen LogP contribution >= 0.6 is 191 Å². The van der Waals surface area contributed by atoms with E-state index in [-0.39, 0.29) is 11.5 Å². The van der Waals surface area contributed by atoms with Gasteiger partial charge in [0.15, 0.2) is 0 Å². The Kier molecular flexibility index (Phi) is 28.7. The lowest BCUT2D eigenvalue weighted by Gasteiger charge is -2.30. The highest BCUT2D eigenvalue weighted by atomic mass is 79.9. The lowest BCUT2D eigenvalue weighted by atomic mass is 9.78. The van der Waals surface area contributed by atoms with Gasteiger partial charge >= 0.3 is 6.16 Å². The van der Waals surface area contributed by atoms with Crippen molar-refractivity contribution in [1.29, 1.82) is 0 Å². The topological polar surface area (TPSA) is 85.2 Å². The number of phenols is 1. The molecule has 4 atom stereocenters. The van der Waals surface area contributed by atoms with Gasteiger partial charge < -0.3 is 24.4 Å². The predicted octanol–water partition coefficient (Wildman–Crippen LogP) is 13.5. The molecule has 0 bridgehead atoms. The SMILES string of the molecule is BrCC(Br)COCC(Br)CBr.BrCC(Br)COCC(Br)CBr.CC(C)(c1ccc(OC(=O)O)cc1)c1c(Br)c(Br)c(O)c(Br)c1Br. The fourth-order valence-corrected chi connectivity index (χ4v) is 7.76. The Morgan fingerprint density at radius 3 is 1.28 bits per heavy atom. The molecule has 0 saturated carbocycles. The summed E-state index contributed by atoms with van der Waals surface area (Å²) < 4.78 is 18.0. The third kappa shape index (κ3) is 18.8. The van der Waals surface area contributed by atoms with Crippen LogP contribution in [0.25, 0.3) is 0 Å². The fourth-order valence-electron chi connectivity index (χ4n) is 3.18. The first-order valence-electron chi connectivity index (χ1n) is 13.0. The van der Waals surface area contributed by atoms with E-state index in [1.54, 1.807) is 12.1 Å². The van der Waals surface area contributed by atoms with Gasteiger partial charge in [-0.3, -0.25) is 0 Å². The van der Waals surface area contributed by atoms with E-state index in [2.05, 4.69) is 196 Å². The number of hydrogen-bond acceptors (Lipinski definition) is 5. The second-order valence-electron chi connectivity index (χ2n) is 9.58. The number of benzene rings is 2. The minimum atomic E-state index is -1.35. The van der Waals surface area contributed by atoms with Crippen molar-refractivity contribution in [2.75, 3.05) is 47.7 Å². The first kappa shape index (κ1) is 49.2. The summed E-state index contributed by atoms with van der Waals surface area (Å²) in [5.74, 6) is 0.353. The normalized spacial score (nSPS) is 13.8. The average Bonchev–Trinajstić information content (AvgIpc) is 3.02. The third-order valence-electron chi connectivity index (χ3n) is 5.51. The number of phenolic OH excluding ortho intramolecular Hbond substituents is 1. The second-order valence-corrected chi connectivity index (χ2v) is 20.5. The van der Waals surface area contributed by atoms with Gasteiger partial charge in [0.05, 0.1) is 35.4 Å². The van der Waals surface area contributed by atoms with Gasteiger partial charge in [0.25, 0.3) is 0 Å². The van der Waals surface area contributed by atoms with E-state index in [4.69, 9.17) is 14.6 Å². The number of hydrogen-bond donors (Lipinski definition) is 2. The van der Waals surface area contributed by atoms with Gasteiger partial charge in [-0.2, -0.15) is 0 Å². The Bertz CT molecular complexity index is 1100. The molecule has 0 heterocycles. The number of carbonyl (C=O) groups is 1. The van der Waals surface area contributed by atoms with Crippen molar-refractivity contribution < 1.29 is 29.2 Å². The number of halogens is 12. The molecule has 0 saturated heterocycles. The molecule has 18 heteroatoms. The van der Waals surface area contributed by atoms with Crippen molar-refractivity contribution in [3.63, 3.8) is 0 Å².